The van der Waals surface area contributed by atoms with Gasteiger partial charge in [-0.1, -0.05) is 12.1 Å². The van der Waals surface area contributed by atoms with Gasteiger partial charge in [-0.15, -0.1) is 0 Å². The Bertz CT molecular complexity index is 937. The van der Waals surface area contributed by atoms with Gasteiger partial charge in [-0.2, -0.15) is 0 Å². The zero-order valence-electron chi connectivity index (χ0n) is 13.7. The summed E-state index contributed by atoms with van der Waals surface area (Å²) in [6.07, 6.45) is 1.92. The van der Waals surface area contributed by atoms with Gasteiger partial charge in [0.15, 0.2) is 5.82 Å². The fourth-order valence-corrected chi connectivity index (χ4v) is 2.64. The van der Waals surface area contributed by atoms with E-state index in [0.29, 0.717) is 6.61 Å². The molecule has 0 radical (unpaired) electrons. The van der Waals surface area contributed by atoms with Crippen LogP contribution in [0.3, 0.4) is 0 Å². The second kappa shape index (κ2) is 5.98. The number of aromatic nitrogens is 4. The van der Waals surface area contributed by atoms with Gasteiger partial charge in [-0.3, -0.25) is 0 Å². The third-order valence-electron chi connectivity index (χ3n) is 3.93. The van der Waals surface area contributed by atoms with E-state index in [1.165, 1.54) is 0 Å². The lowest BCUT2D eigenvalue weighted by molar-refractivity contribution is 0.261. The summed E-state index contributed by atoms with van der Waals surface area (Å²) < 4.78 is 5.80. The molecule has 0 fully saturated rings. The molecule has 2 heterocycles. The first-order valence-corrected chi connectivity index (χ1v) is 7.90. The molecule has 0 amide bonds. The summed E-state index contributed by atoms with van der Waals surface area (Å²) in [6.45, 7) is 1.53. The van der Waals surface area contributed by atoms with E-state index in [4.69, 9.17) is 4.74 Å². The van der Waals surface area contributed by atoms with Crippen LogP contribution >= 0.6 is 0 Å². The van der Waals surface area contributed by atoms with E-state index in [9.17, 15) is 0 Å². The van der Waals surface area contributed by atoms with E-state index < -0.39 is 0 Å². The lowest BCUT2D eigenvalue weighted by atomic mass is 10.2. The number of aromatic amines is 2. The number of fused-ring (bicyclic) bond motifs is 2. The molecule has 0 unspecified atom stereocenters. The molecule has 2 N–H and O–H groups in total. The fourth-order valence-electron chi connectivity index (χ4n) is 2.64. The van der Waals surface area contributed by atoms with Crippen molar-refractivity contribution in [1.29, 1.82) is 0 Å². The highest BCUT2D eigenvalue weighted by atomic mass is 16.5. The van der Waals surface area contributed by atoms with Crippen molar-refractivity contribution in [2.45, 2.75) is 0 Å². The summed E-state index contributed by atoms with van der Waals surface area (Å²) in [6, 6.07) is 12.0. The van der Waals surface area contributed by atoms with Crippen LogP contribution in [0, 0.1) is 0 Å². The summed E-state index contributed by atoms with van der Waals surface area (Å²) >= 11 is 0. The van der Waals surface area contributed by atoms with Crippen LogP contribution in [0.4, 0.5) is 0 Å². The number of benzene rings is 2. The molecule has 0 bridgehead atoms. The van der Waals surface area contributed by atoms with Crippen molar-refractivity contribution in [2.75, 3.05) is 27.2 Å². The smallest absolute Gasteiger partial charge is 0.160 e. The van der Waals surface area contributed by atoms with Crippen LogP contribution in [-0.4, -0.2) is 52.3 Å². The maximum Gasteiger partial charge on any atom is 0.160 e. The third kappa shape index (κ3) is 2.83. The summed E-state index contributed by atoms with van der Waals surface area (Å²) in [5.41, 5.74) is 3.76. The van der Waals surface area contributed by atoms with Crippen LogP contribution in [-0.2, 0) is 0 Å². The number of ether oxygens (including phenoxy) is 1. The van der Waals surface area contributed by atoms with Gasteiger partial charge in [0.05, 0.1) is 16.6 Å². The van der Waals surface area contributed by atoms with Crippen molar-refractivity contribution in [3.63, 3.8) is 0 Å². The largest absolute Gasteiger partial charge is 0.492 e. The average Bonchev–Trinajstić information content (AvgIpc) is 3.18. The number of hydrogen-bond donors (Lipinski definition) is 2. The molecule has 0 aliphatic heterocycles. The number of H-pyrrole nitrogens is 2. The molecule has 2 aromatic heterocycles. The maximum absolute atomic E-state index is 5.80. The molecule has 2 aromatic carbocycles. The first-order valence-electron chi connectivity index (χ1n) is 7.90. The van der Waals surface area contributed by atoms with Crippen LogP contribution < -0.4 is 4.74 Å². The Kier molecular flexibility index (Phi) is 3.66. The molecule has 0 aliphatic rings. The highest BCUT2D eigenvalue weighted by Gasteiger charge is 2.09. The first-order chi connectivity index (χ1) is 11.7. The van der Waals surface area contributed by atoms with Gasteiger partial charge < -0.3 is 19.8 Å². The summed E-state index contributed by atoms with van der Waals surface area (Å²) in [4.78, 5) is 11.4. The molecule has 4 aromatic rings. The Morgan fingerprint density at radius 2 is 1.92 bits per heavy atom. The van der Waals surface area contributed by atoms with Crippen LogP contribution in [0.25, 0.3) is 33.3 Å². The molecular formula is C18H19N5O. The van der Waals surface area contributed by atoms with Gasteiger partial charge in [0.1, 0.15) is 12.4 Å². The van der Waals surface area contributed by atoms with E-state index in [1.807, 2.05) is 56.7 Å². The quantitative estimate of drug-likeness (QED) is 0.593. The number of likely N-dealkylation sites (N-methyl/N-ethyl adjacent to an activating group) is 1. The van der Waals surface area contributed by atoms with Gasteiger partial charge in [-0.05, 0) is 38.4 Å². The van der Waals surface area contributed by atoms with Gasteiger partial charge in [-0.25, -0.2) is 9.97 Å². The molecule has 0 spiro atoms. The topological polar surface area (TPSA) is 69.8 Å². The Morgan fingerprint density at radius 3 is 2.75 bits per heavy atom. The molecule has 24 heavy (non-hydrogen) atoms. The van der Waals surface area contributed by atoms with E-state index in [0.717, 1.165) is 45.6 Å². The van der Waals surface area contributed by atoms with Crippen LogP contribution in [0.1, 0.15) is 0 Å². The lowest BCUT2D eigenvalue weighted by Gasteiger charge is -2.11. The number of imidazole rings is 1. The van der Waals surface area contributed by atoms with Gasteiger partial charge >= 0.3 is 0 Å². The van der Waals surface area contributed by atoms with E-state index in [2.05, 4.69) is 25.1 Å². The van der Waals surface area contributed by atoms with Crippen LogP contribution in [0.5, 0.6) is 5.75 Å². The van der Waals surface area contributed by atoms with Gasteiger partial charge in [0.2, 0.25) is 0 Å². The normalized spacial score (nSPS) is 11.6. The predicted octanol–water partition coefficient (Wildman–Crippen LogP) is 3.05. The van der Waals surface area contributed by atoms with Crippen molar-refractivity contribution in [3.8, 4) is 17.1 Å². The molecule has 0 saturated carbocycles. The summed E-state index contributed by atoms with van der Waals surface area (Å²) in [5.74, 6) is 1.56. The van der Waals surface area contributed by atoms with Gasteiger partial charge in [0, 0.05) is 23.7 Å². The molecule has 0 aliphatic carbocycles. The molecule has 6 nitrogen and oxygen atoms in total. The molecular weight excluding hydrogens is 302 g/mol. The summed E-state index contributed by atoms with van der Waals surface area (Å²) in [5, 5.41) is 7.16. The van der Waals surface area contributed by atoms with E-state index in [1.54, 1.807) is 0 Å². The van der Waals surface area contributed by atoms with E-state index in [-0.39, 0.29) is 0 Å². The SMILES string of the molecule is CN(C)CCOc1cccc(-c2nc3cc4c[nH][nH]c4cc3n2)c1. The average molecular weight is 321 g/mol. The molecule has 122 valence electrons. The summed E-state index contributed by atoms with van der Waals surface area (Å²) in [7, 11) is 4.06. The van der Waals surface area contributed by atoms with Crippen LogP contribution in [0.15, 0.2) is 42.6 Å². The zero-order valence-corrected chi connectivity index (χ0v) is 13.7. The Morgan fingerprint density at radius 1 is 1.08 bits per heavy atom. The molecule has 0 atom stereocenters. The highest BCUT2D eigenvalue weighted by Crippen LogP contribution is 2.26. The van der Waals surface area contributed by atoms with Crippen molar-refractivity contribution in [1.82, 2.24) is 25.1 Å². The monoisotopic (exact) mass is 321 g/mol. The van der Waals surface area contributed by atoms with E-state index >= 15 is 0 Å². The molecule has 0 saturated heterocycles. The Hall–Kier alpha value is -2.86. The van der Waals surface area contributed by atoms with Crippen LogP contribution in [0.2, 0.25) is 0 Å². The first kappa shape index (κ1) is 14.7. The molecule has 4 rings (SSSR count). The second-order valence-electron chi connectivity index (χ2n) is 6.07. The minimum Gasteiger partial charge on any atom is -0.492 e. The van der Waals surface area contributed by atoms with Crippen molar-refractivity contribution < 1.29 is 4.74 Å². The maximum atomic E-state index is 5.80. The van der Waals surface area contributed by atoms with Crippen molar-refractivity contribution >= 4 is 21.9 Å². The minimum absolute atomic E-state index is 0.654. The number of nitrogens with one attached hydrogen (secondary N) is 2. The highest BCUT2D eigenvalue weighted by molar-refractivity contribution is 5.93. The second-order valence-corrected chi connectivity index (χ2v) is 6.07. The Labute approximate surface area is 139 Å². The van der Waals surface area contributed by atoms with Crippen molar-refractivity contribution in [2.24, 2.45) is 0 Å². The van der Waals surface area contributed by atoms with Gasteiger partial charge in [0.25, 0.3) is 0 Å². The Balaban J connectivity index is 1.64. The fraction of sp³-hybridized carbons (Fsp3) is 0.222. The number of nitrogens with zero attached hydrogens (tertiary/aromatic N) is 3. The standard InChI is InChI=1S/C18H19N5O/c1-23(2)6-7-24-14-5-3-4-12(8-14)18-20-16-9-13-11-19-22-15(13)10-17(16)21-18/h3-5,8-11,19,22H,6-7H2,1-2H3. The molecule has 6 heteroatoms. The predicted molar refractivity (Wildman–Crippen MR) is 95.2 cm³/mol. The number of rotatable bonds is 5. The zero-order chi connectivity index (χ0) is 16.5. The lowest BCUT2D eigenvalue weighted by Crippen LogP contribution is -2.19. The third-order valence-corrected chi connectivity index (χ3v) is 3.93. The minimum atomic E-state index is 0.654. The number of hydrogen-bond acceptors (Lipinski definition) is 4. The van der Waals surface area contributed by atoms with Crippen molar-refractivity contribution in [3.05, 3.63) is 42.6 Å².